The summed E-state index contributed by atoms with van der Waals surface area (Å²) in [6.45, 7) is 3.42. The molecule has 1 aliphatic rings. The Morgan fingerprint density at radius 1 is 0.967 bits per heavy atom. The lowest BCUT2D eigenvalue weighted by molar-refractivity contribution is 0.0585. The Morgan fingerprint density at radius 2 is 1.53 bits per heavy atom. The number of nitrogens with zero attached hydrogens (tertiary/aromatic N) is 5. The number of aromatic nitrogens is 3. The molecule has 4 rings (SSSR count). The first-order chi connectivity index (χ1) is 14.4. The Balaban J connectivity index is 1.41. The quantitative estimate of drug-likeness (QED) is 0.542. The first kappa shape index (κ1) is 21.1. The number of piperazine rings is 1. The molecule has 0 bridgehead atoms. The lowest BCUT2D eigenvalue weighted by Gasteiger charge is -2.34. The van der Waals surface area contributed by atoms with Crippen LogP contribution in [-0.4, -0.2) is 56.2 Å². The smallest absolute Gasteiger partial charge is 0.253 e. The number of benzene rings is 2. The number of amides is 1. The number of carbonyl (C=O) groups is 1. The van der Waals surface area contributed by atoms with Gasteiger partial charge in [-0.25, -0.2) is 4.68 Å². The van der Waals surface area contributed by atoms with E-state index in [9.17, 15) is 4.79 Å². The molecule has 0 N–H and O–H groups in total. The van der Waals surface area contributed by atoms with Crippen LogP contribution >= 0.6 is 35.4 Å². The molecule has 0 unspecified atom stereocenters. The fourth-order valence-corrected chi connectivity index (χ4v) is 3.92. The Labute approximate surface area is 190 Å². The molecule has 156 valence electrons. The molecule has 1 fully saturated rings. The molecule has 6 nitrogen and oxygen atoms in total. The van der Waals surface area contributed by atoms with E-state index in [1.807, 2.05) is 45.5 Å². The number of hydrogen-bond donors (Lipinski definition) is 0. The van der Waals surface area contributed by atoms with E-state index in [2.05, 4.69) is 4.90 Å². The fraction of sp³-hybridized carbons (Fsp3) is 0.286. The van der Waals surface area contributed by atoms with Crippen LogP contribution in [0, 0.1) is 4.77 Å². The second kappa shape index (κ2) is 8.89. The molecule has 1 amide bonds. The number of hydrogen-bond acceptors (Lipinski definition) is 4. The summed E-state index contributed by atoms with van der Waals surface area (Å²) >= 11 is 17.5. The van der Waals surface area contributed by atoms with E-state index in [0.717, 1.165) is 24.5 Å². The van der Waals surface area contributed by atoms with E-state index < -0.39 is 0 Å². The van der Waals surface area contributed by atoms with Crippen LogP contribution in [0.3, 0.4) is 0 Å². The average molecular weight is 462 g/mol. The van der Waals surface area contributed by atoms with Gasteiger partial charge in [0.1, 0.15) is 0 Å². The van der Waals surface area contributed by atoms with Crippen molar-refractivity contribution in [3.8, 4) is 11.4 Å². The summed E-state index contributed by atoms with van der Waals surface area (Å²) in [5.41, 5.74) is 1.62. The van der Waals surface area contributed by atoms with E-state index in [0.29, 0.717) is 40.1 Å². The summed E-state index contributed by atoms with van der Waals surface area (Å²) in [6.07, 6.45) is 0. The van der Waals surface area contributed by atoms with Crippen LogP contribution in [-0.2, 0) is 13.7 Å². The van der Waals surface area contributed by atoms with Gasteiger partial charge in [0.25, 0.3) is 5.91 Å². The molecule has 30 heavy (non-hydrogen) atoms. The fourth-order valence-electron chi connectivity index (χ4n) is 3.49. The van der Waals surface area contributed by atoms with E-state index in [-0.39, 0.29) is 5.91 Å². The van der Waals surface area contributed by atoms with Crippen molar-refractivity contribution in [1.29, 1.82) is 0 Å². The van der Waals surface area contributed by atoms with Gasteiger partial charge in [0.05, 0.1) is 6.67 Å². The number of halogens is 2. The van der Waals surface area contributed by atoms with Crippen LogP contribution in [0.25, 0.3) is 11.4 Å². The van der Waals surface area contributed by atoms with Crippen LogP contribution in [0.15, 0.2) is 48.5 Å². The molecule has 0 saturated carbocycles. The Bertz CT molecular complexity index is 1100. The summed E-state index contributed by atoms with van der Waals surface area (Å²) < 4.78 is 4.38. The van der Waals surface area contributed by atoms with Gasteiger partial charge >= 0.3 is 0 Å². The van der Waals surface area contributed by atoms with Crippen molar-refractivity contribution in [2.24, 2.45) is 7.05 Å². The average Bonchev–Trinajstić information content (AvgIpc) is 3.03. The molecule has 3 aromatic rings. The summed E-state index contributed by atoms with van der Waals surface area (Å²) in [5, 5.41) is 6.02. The van der Waals surface area contributed by atoms with Crippen molar-refractivity contribution >= 4 is 41.3 Å². The van der Waals surface area contributed by atoms with Crippen molar-refractivity contribution in [2.45, 2.75) is 6.67 Å². The van der Waals surface area contributed by atoms with Gasteiger partial charge in [-0.15, -0.1) is 0 Å². The van der Waals surface area contributed by atoms with Crippen molar-refractivity contribution in [2.75, 3.05) is 26.2 Å². The van der Waals surface area contributed by atoms with Crippen LogP contribution in [0.1, 0.15) is 10.4 Å². The zero-order valence-corrected chi connectivity index (χ0v) is 18.8. The topological polar surface area (TPSA) is 46.3 Å². The highest BCUT2D eigenvalue weighted by Gasteiger charge is 2.23. The molecule has 9 heteroatoms. The highest BCUT2D eigenvalue weighted by Crippen LogP contribution is 2.20. The third-order valence-corrected chi connectivity index (χ3v) is 6.22. The Kier molecular flexibility index (Phi) is 6.24. The zero-order chi connectivity index (χ0) is 21.3. The van der Waals surface area contributed by atoms with Gasteiger partial charge < -0.3 is 9.47 Å². The van der Waals surface area contributed by atoms with Crippen LogP contribution in [0.5, 0.6) is 0 Å². The third kappa shape index (κ3) is 4.44. The summed E-state index contributed by atoms with van der Waals surface area (Å²) in [5.74, 6) is 0.832. The maximum Gasteiger partial charge on any atom is 0.253 e. The molecule has 1 saturated heterocycles. The van der Waals surface area contributed by atoms with Crippen molar-refractivity contribution < 1.29 is 4.79 Å². The molecule has 0 atom stereocenters. The number of rotatable bonds is 4. The Morgan fingerprint density at radius 3 is 2.13 bits per heavy atom. The largest absolute Gasteiger partial charge is 0.336 e. The van der Waals surface area contributed by atoms with Crippen LogP contribution < -0.4 is 0 Å². The Hall–Kier alpha value is -2.19. The third-order valence-electron chi connectivity index (χ3n) is 5.23. The summed E-state index contributed by atoms with van der Waals surface area (Å²) in [4.78, 5) is 16.8. The van der Waals surface area contributed by atoms with Gasteiger partial charge in [0.15, 0.2) is 10.6 Å². The van der Waals surface area contributed by atoms with E-state index in [1.165, 1.54) is 0 Å². The molecule has 1 aromatic heterocycles. The lowest BCUT2D eigenvalue weighted by atomic mass is 10.2. The standard InChI is InChI=1S/C21H21Cl2N5OS/c1-25-19(15-2-6-17(22)7-3-15)24-28(21(25)30)14-26-10-12-27(13-11-26)20(29)16-4-8-18(23)9-5-16/h2-9H,10-14H2,1H3. The van der Waals surface area contributed by atoms with Crippen molar-refractivity contribution in [3.63, 3.8) is 0 Å². The van der Waals surface area contributed by atoms with Gasteiger partial charge in [-0.2, -0.15) is 5.10 Å². The van der Waals surface area contributed by atoms with E-state index in [1.54, 1.807) is 24.3 Å². The molecule has 0 aliphatic carbocycles. The summed E-state index contributed by atoms with van der Waals surface area (Å²) in [6, 6.07) is 14.6. The maximum absolute atomic E-state index is 12.7. The minimum absolute atomic E-state index is 0.0331. The summed E-state index contributed by atoms with van der Waals surface area (Å²) in [7, 11) is 1.92. The molecule has 2 heterocycles. The SMILES string of the molecule is Cn1c(-c2ccc(Cl)cc2)nn(CN2CCN(C(=O)c3ccc(Cl)cc3)CC2)c1=S. The normalized spacial score (nSPS) is 14.8. The second-order valence-corrected chi connectivity index (χ2v) is 8.47. The van der Waals surface area contributed by atoms with Gasteiger partial charge in [-0.3, -0.25) is 9.69 Å². The minimum Gasteiger partial charge on any atom is -0.336 e. The van der Waals surface area contributed by atoms with E-state index >= 15 is 0 Å². The second-order valence-electron chi connectivity index (χ2n) is 7.23. The molecular formula is C21H21Cl2N5OS. The highest BCUT2D eigenvalue weighted by molar-refractivity contribution is 7.71. The van der Waals surface area contributed by atoms with Gasteiger partial charge in [0.2, 0.25) is 0 Å². The molecule has 0 radical (unpaired) electrons. The first-order valence-electron chi connectivity index (χ1n) is 9.59. The van der Waals surface area contributed by atoms with Crippen molar-refractivity contribution in [1.82, 2.24) is 24.1 Å². The predicted octanol–water partition coefficient (Wildman–Crippen LogP) is 4.34. The maximum atomic E-state index is 12.7. The zero-order valence-electron chi connectivity index (χ0n) is 16.5. The molecule has 0 spiro atoms. The van der Waals surface area contributed by atoms with Crippen molar-refractivity contribution in [3.05, 3.63) is 68.9 Å². The van der Waals surface area contributed by atoms with E-state index in [4.69, 9.17) is 40.5 Å². The monoisotopic (exact) mass is 461 g/mol. The number of carbonyl (C=O) groups excluding carboxylic acids is 1. The highest BCUT2D eigenvalue weighted by atomic mass is 35.5. The minimum atomic E-state index is 0.0331. The molecule has 2 aromatic carbocycles. The van der Waals surface area contributed by atoms with Gasteiger partial charge in [-0.1, -0.05) is 23.2 Å². The molecular weight excluding hydrogens is 441 g/mol. The lowest BCUT2D eigenvalue weighted by Crippen LogP contribution is -2.49. The van der Waals surface area contributed by atoms with Gasteiger partial charge in [0, 0.05) is 54.4 Å². The predicted molar refractivity (Wildman–Crippen MR) is 121 cm³/mol. The first-order valence-corrected chi connectivity index (χ1v) is 10.8. The van der Waals surface area contributed by atoms with Gasteiger partial charge in [-0.05, 0) is 60.7 Å². The van der Waals surface area contributed by atoms with Crippen LogP contribution in [0.2, 0.25) is 10.0 Å². The molecule has 1 aliphatic heterocycles. The van der Waals surface area contributed by atoms with Crippen LogP contribution in [0.4, 0.5) is 0 Å².